The molecule has 0 amide bonds. The highest BCUT2D eigenvalue weighted by atomic mass is 35.5. The van der Waals surface area contributed by atoms with Gasteiger partial charge in [0.15, 0.2) is 0 Å². The first-order valence-electron chi connectivity index (χ1n) is 4.46. The Morgan fingerprint density at radius 3 is 3.14 bits per heavy atom. The Morgan fingerprint density at radius 2 is 2.50 bits per heavy atom. The van der Waals surface area contributed by atoms with Crippen molar-refractivity contribution in [1.29, 1.82) is 0 Å². The molecule has 14 heavy (non-hydrogen) atoms. The van der Waals surface area contributed by atoms with Crippen LogP contribution >= 0.6 is 23.4 Å². The van der Waals surface area contributed by atoms with E-state index in [0.717, 1.165) is 17.7 Å². The minimum absolute atomic E-state index is 0.153. The molecule has 0 aromatic carbocycles. The molecule has 0 N–H and O–H groups in total. The molecule has 2 nitrogen and oxygen atoms in total. The topological polar surface area (TPSA) is 30.0 Å². The average Bonchev–Trinajstić information content (AvgIpc) is 2.56. The fraction of sp³-hybridized carbons (Fsp3) is 0.400. The quantitative estimate of drug-likeness (QED) is 0.776. The summed E-state index contributed by atoms with van der Waals surface area (Å²) in [6.45, 7) is 0. The summed E-state index contributed by atoms with van der Waals surface area (Å²) in [7, 11) is 0. The number of aromatic nitrogens is 1. The zero-order chi connectivity index (χ0) is 9.97. The Kier molecular flexibility index (Phi) is 3.08. The molecule has 1 fully saturated rings. The lowest BCUT2D eigenvalue weighted by molar-refractivity contribution is -0.119. The van der Waals surface area contributed by atoms with Gasteiger partial charge in [0.2, 0.25) is 0 Å². The molecular formula is C10H10ClNOS. The zero-order valence-corrected chi connectivity index (χ0v) is 9.14. The summed E-state index contributed by atoms with van der Waals surface area (Å²) >= 11 is 7.68. The van der Waals surface area contributed by atoms with E-state index in [-0.39, 0.29) is 5.92 Å². The van der Waals surface area contributed by atoms with Crippen LogP contribution in [0, 0.1) is 5.92 Å². The van der Waals surface area contributed by atoms with E-state index >= 15 is 0 Å². The van der Waals surface area contributed by atoms with Crippen LogP contribution in [0.1, 0.15) is 5.56 Å². The molecule has 2 heterocycles. The first kappa shape index (κ1) is 9.99. The van der Waals surface area contributed by atoms with E-state index in [0.29, 0.717) is 16.6 Å². The van der Waals surface area contributed by atoms with Crippen molar-refractivity contribution in [3.8, 4) is 0 Å². The smallest absolute Gasteiger partial charge is 0.146 e. The standard InChI is InChI=1S/C10H10ClNOS/c11-9-4-12-2-1-7(9)3-8-5-14-6-10(8)13/h1-2,4,8H,3,5-6H2. The van der Waals surface area contributed by atoms with E-state index in [4.69, 9.17) is 11.6 Å². The largest absolute Gasteiger partial charge is 0.298 e. The van der Waals surface area contributed by atoms with Crippen LogP contribution in [0.3, 0.4) is 0 Å². The molecule has 0 bridgehead atoms. The highest BCUT2D eigenvalue weighted by Gasteiger charge is 2.25. The summed E-state index contributed by atoms with van der Waals surface area (Å²) < 4.78 is 0. The van der Waals surface area contributed by atoms with Gasteiger partial charge in [0.25, 0.3) is 0 Å². The van der Waals surface area contributed by atoms with Gasteiger partial charge in [-0.2, -0.15) is 11.8 Å². The number of nitrogens with zero attached hydrogens (tertiary/aromatic N) is 1. The van der Waals surface area contributed by atoms with Crippen LogP contribution in [0.15, 0.2) is 18.5 Å². The minimum atomic E-state index is 0.153. The lowest BCUT2D eigenvalue weighted by Crippen LogP contribution is -2.14. The fourth-order valence-corrected chi connectivity index (χ4v) is 2.86. The van der Waals surface area contributed by atoms with Crippen molar-refractivity contribution < 1.29 is 4.79 Å². The highest BCUT2D eigenvalue weighted by molar-refractivity contribution is 8.00. The van der Waals surface area contributed by atoms with Crippen LogP contribution < -0.4 is 0 Å². The van der Waals surface area contributed by atoms with Gasteiger partial charge < -0.3 is 0 Å². The number of ketones is 1. The van der Waals surface area contributed by atoms with Crippen LogP contribution in [0.25, 0.3) is 0 Å². The second-order valence-corrected chi connectivity index (χ2v) is 4.79. The van der Waals surface area contributed by atoms with Crippen molar-refractivity contribution in [3.63, 3.8) is 0 Å². The molecule has 0 aliphatic carbocycles. The van der Waals surface area contributed by atoms with E-state index in [1.807, 2.05) is 6.07 Å². The number of rotatable bonds is 2. The predicted octanol–water partition coefficient (Wildman–Crippen LogP) is 2.21. The normalized spacial score (nSPS) is 21.5. The molecule has 1 atom stereocenters. The number of carbonyl (C=O) groups is 1. The van der Waals surface area contributed by atoms with Crippen molar-refractivity contribution in [2.24, 2.45) is 5.92 Å². The maximum absolute atomic E-state index is 11.4. The molecule has 1 aromatic rings. The van der Waals surface area contributed by atoms with Gasteiger partial charge in [-0.05, 0) is 18.1 Å². The van der Waals surface area contributed by atoms with Crippen LogP contribution in [-0.4, -0.2) is 22.3 Å². The molecule has 4 heteroatoms. The maximum Gasteiger partial charge on any atom is 0.146 e. The number of hydrogen-bond donors (Lipinski definition) is 0. The molecule has 1 aliphatic heterocycles. The first-order valence-corrected chi connectivity index (χ1v) is 5.99. The van der Waals surface area contributed by atoms with E-state index in [9.17, 15) is 4.79 Å². The highest BCUT2D eigenvalue weighted by Crippen LogP contribution is 2.26. The number of thioether (sulfide) groups is 1. The van der Waals surface area contributed by atoms with Gasteiger partial charge in [0, 0.05) is 24.1 Å². The summed E-state index contributed by atoms with van der Waals surface area (Å²) in [5.41, 5.74) is 1.03. The number of carbonyl (C=O) groups excluding carboxylic acids is 1. The lowest BCUT2D eigenvalue weighted by Gasteiger charge is -2.07. The molecule has 2 rings (SSSR count). The third kappa shape index (κ3) is 2.10. The lowest BCUT2D eigenvalue weighted by atomic mass is 9.99. The van der Waals surface area contributed by atoms with Crippen molar-refractivity contribution in [2.75, 3.05) is 11.5 Å². The Bertz CT molecular complexity index is 356. The minimum Gasteiger partial charge on any atom is -0.298 e. The second-order valence-electron chi connectivity index (χ2n) is 3.35. The molecule has 1 aliphatic rings. The third-order valence-electron chi connectivity index (χ3n) is 2.34. The summed E-state index contributed by atoms with van der Waals surface area (Å²) in [6.07, 6.45) is 4.10. The van der Waals surface area contributed by atoms with Crippen LogP contribution in [0.5, 0.6) is 0 Å². The van der Waals surface area contributed by atoms with Crippen molar-refractivity contribution in [1.82, 2.24) is 4.98 Å². The van der Waals surface area contributed by atoms with E-state index in [1.165, 1.54) is 0 Å². The molecule has 74 valence electrons. The van der Waals surface area contributed by atoms with E-state index in [2.05, 4.69) is 4.98 Å². The predicted molar refractivity (Wildman–Crippen MR) is 58.8 cm³/mol. The van der Waals surface area contributed by atoms with Crippen molar-refractivity contribution >= 4 is 29.1 Å². The van der Waals surface area contributed by atoms with Gasteiger partial charge in [-0.25, -0.2) is 0 Å². The Balaban J connectivity index is 2.10. The summed E-state index contributed by atoms with van der Waals surface area (Å²) in [5.74, 6) is 2.09. The molecular weight excluding hydrogens is 218 g/mol. The van der Waals surface area contributed by atoms with Gasteiger partial charge in [0.1, 0.15) is 5.78 Å². The number of halogens is 1. The monoisotopic (exact) mass is 227 g/mol. The molecule has 0 spiro atoms. The Morgan fingerprint density at radius 1 is 1.64 bits per heavy atom. The van der Waals surface area contributed by atoms with Gasteiger partial charge in [0.05, 0.1) is 10.8 Å². The van der Waals surface area contributed by atoms with Gasteiger partial charge in [-0.3, -0.25) is 9.78 Å². The SMILES string of the molecule is O=C1CSCC1Cc1ccncc1Cl. The van der Waals surface area contributed by atoms with Crippen molar-refractivity contribution in [2.45, 2.75) is 6.42 Å². The average molecular weight is 228 g/mol. The zero-order valence-electron chi connectivity index (χ0n) is 7.57. The van der Waals surface area contributed by atoms with Gasteiger partial charge in [-0.15, -0.1) is 0 Å². The third-order valence-corrected chi connectivity index (χ3v) is 3.81. The molecule has 1 saturated heterocycles. The molecule has 1 unspecified atom stereocenters. The summed E-state index contributed by atoms with van der Waals surface area (Å²) in [5, 5.41) is 0.664. The van der Waals surface area contributed by atoms with Crippen molar-refractivity contribution in [3.05, 3.63) is 29.0 Å². The maximum atomic E-state index is 11.4. The summed E-state index contributed by atoms with van der Waals surface area (Å²) in [4.78, 5) is 15.3. The van der Waals surface area contributed by atoms with Crippen LogP contribution in [0.4, 0.5) is 0 Å². The second kappa shape index (κ2) is 4.32. The Hall–Kier alpha value is -0.540. The van der Waals surface area contributed by atoms with Gasteiger partial charge in [-0.1, -0.05) is 11.6 Å². The number of hydrogen-bond acceptors (Lipinski definition) is 3. The van der Waals surface area contributed by atoms with E-state index in [1.54, 1.807) is 24.2 Å². The van der Waals surface area contributed by atoms with Crippen LogP contribution in [0.2, 0.25) is 5.02 Å². The molecule has 1 aromatic heterocycles. The van der Waals surface area contributed by atoms with E-state index < -0.39 is 0 Å². The molecule has 0 saturated carbocycles. The number of Topliss-reactive ketones (excluding diaryl/α,β-unsaturated/α-hetero) is 1. The number of pyridine rings is 1. The fourth-order valence-electron chi connectivity index (χ4n) is 1.52. The Labute approximate surface area is 92.1 Å². The van der Waals surface area contributed by atoms with Crippen LogP contribution in [-0.2, 0) is 11.2 Å². The summed E-state index contributed by atoms with van der Waals surface area (Å²) in [6, 6.07) is 1.89. The first-order chi connectivity index (χ1) is 6.77. The molecule has 0 radical (unpaired) electrons. The van der Waals surface area contributed by atoms with Gasteiger partial charge >= 0.3 is 0 Å².